The number of rotatable bonds is 10. The molecule has 1 heterocycles. The highest BCUT2D eigenvalue weighted by atomic mass is 32.2. The van der Waals surface area contributed by atoms with Crippen molar-refractivity contribution in [1.82, 2.24) is 10.6 Å². The average molecular weight is 567 g/mol. The summed E-state index contributed by atoms with van der Waals surface area (Å²) in [6.07, 6.45) is 7.63. The Kier molecular flexibility index (Phi) is 8.70. The summed E-state index contributed by atoms with van der Waals surface area (Å²) in [5.41, 5.74) is 3.92. The lowest BCUT2D eigenvalue weighted by Gasteiger charge is -2.56. The number of nitrogens with one attached hydrogen (secondary N) is 2. The first-order chi connectivity index (χ1) is 19.5. The molecule has 4 bridgehead atoms. The van der Waals surface area contributed by atoms with E-state index in [-0.39, 0.29) is 37.0 Å². The first-order valence-corrected chi connectivity index (χ1v) is 16.0. The number of thioether (sulfide) groups is 1. The Hall–Kier alpha value is -2.10. The number of amides is 2. The van der Waals surface area contributed by atoms with Crippen molar-refractivity contribution in [3.8, 4) is 0 Å². The van der Waals surface area contributed by atoms with E-state index in [0.29, 0.717) is 12.3 Å². The first kappa shape index (κ1) is 28.0. The summed E-state index contributed by atoms with van der Waals surface area (Å²) in [5.74, 6) is 3.87. The lowest BCUT2D eigenvalue weighted by Crippen LogP contribution is -2.61. The molecule has 1 saturated heterocycles. The number of ether oxygens (including phenoxy) is 2. The van der Waals surface area contributed by atoms with Crippen molar-refractivity contribution >= 4 is 17.8 Å². The number of hydrogen-bond acceptors (Lipinski definition) is 6. The van der Waals surface area contributed by atoms with Crippen LogP contribution in [0.5, 0.6) is 0 Å². The molecule has 5 aliphatic rings. The van der Waals surface area contributed by atoms with Gasteiger partial charge >= 0.3 is 6.03 Å². The third-order valence-electron chi connectivity index (χ3n) is 9.28. The molecule has 8 heteroatoms. The van der Waals surface area contributed by atoms with Crippen LogP contribution in [-0.4, -0.2) is 46.0 Å². The molecule has 5 fully saturated rings. The summed E-state index contributed by atoms with van der Waals surface area (Å²) in [4.78, 5) is 12.9. The molecule has 2 aromatic rings. The number of hydrogen-bond donors (Lipinski definition) is 4. The number of carbonyl (C=O) groups excluding carboxylic acids is 1. The minimum absolute atomic E-state index is 0.00700. The third-order valence-corrected chi connectivity index (χ3v) is 10.4. The smallest absolute Gasteiger partial charge is 0.315 e. The molecule has 7 rings (SSSR count). The second-order valence-corrected chi connectivity index (χ2v) is 13.5. The van der Waals surface area contributed by atoms with Gasteiger partial charge in [-0.1, -0.05) is 48.5 Å². The number of carbonyl (C=O) groups is 1. The Bertz CT molecular complexity index is 1110. The van der Waals surface area contributed by atoms with Crippen LogP contribution in [-0.2, 0) is 22.6 Å². The topological polar surface area (TPSA) is 100 Å². The van der Waals surface area contributed by atoms with E-state index in [0.717, 1.165) is 71.4 Å². The van der Waals surface area contributed by atoms with Gasteiger partial charge in [-0.05, 0) is 73.0 Å². The number of urea groups is 1. The van der Waals surface area contributed by atoms with Crippen LogP contribution in [0, 0.1) is 17.8 Å². The molecule has 4 saturated carbocycles. The molecule has 0 radical (unpaired) electrons. The van der Waals surface area contributed by atoms with Crippen molar-refractivity contribution in [2.45, 2.75) is 82.1 Å². The molecule has 4 aliphatic carbocycles. The second-order valence-electron chi connectivity index (χ2n) is 12.4. The standard InChI is InChI=1S/C32H42N2O5S/c35-9-10-40-20-28-14-29(26-5-3-22(19-36)4-6-26)39-30(38-28)27-7-1-21(2-8-27)18-33-31(37)34-32-15-23-11-24(16-32)13-25(12-23)17-32/h1-8,23-25,28-30,35-36H,9-20H2,(H2,33,34,37). The van der Waals surface area contributed by atoms with Gasteiger partial charge in [0.05, 0.1) is 25.4 Å². The van der Waals surface area contributed by atoms with Gasteiger partial charge < -0.3 is 30.3 Å². The Morgan fingerprint density at radius 1 is 0.850 bits per heavy atom. The summed E-state index contributed by atoms with van der Waals surface area (Å²) in [7, 11) is 0. The quantitative estimate of drug-likeness (QED) is 0.295. The minimum atomic E-state index is -0.502. The fraction of sp³-hybridized carbons (Fsp3) is 0.594. The molecule has 3 unspecified atom stereocenters. The van der Waals surface area contributed by atoms with E-state index in [1.807, 2.05) is 48.5 Å². The molecule has 1 aliphatic heterocycles. The zero-order valence-electron chi connectivity index (χ0n) is 23.1. The predicted octanol–water partition coefficient (Wildman–Crippen LogP) is 5.22. The summed E-state index contributed by atoms with van der Waals surface area (Å²) in [5, 5.41) is 25.1. The van der Waals surface area contributed by atoms with Gasteiger partial charge in [-0.25, -0.2) is 4.79 Å². The van der Waals surface area contributed by atoms with E-state index in [4.69, 9.17) is 9.47 Å². The highest BCUT2D eigenvalue weighted by Crippen LogP contribution is 2.55. The average Bonchev–Trinajstić information content (AvgIpc) is 2.95. The van der Waals surface area contributed by atoms with E-state index in [1.54, 1.807) is 11.8 Å². The zero-order chi connectivity index (χ0) is 27.5. The van der Waals surface area contributed by atoms with Crippen molar-refractivity contribution in [2.75, 3.05) is 18.1 Å². The fourth-order valence-corrected chi connectivity index (χ4v) is 8.60. The Morgan fingerprint density at radius 3 is 2.10 bits per heavy atom. The Labute approximate surface area is 241 Å². The molecule has 216 valence electrons. The van der Waals surface area contributed by atoms with Crippen molar-refractivity contribution in [3.05, 3.63) is 70.8 Å². The van der Waals surface area contributed by atoms with Gasteiger partial charge in [-0.3, -0.25) is 0 Å². The second kappa shape index (κ2) is 12.4. The van der Waals surface area contributed by atoms with Crippen LogP contribution in [0.25, 0.3) is 0 Å². The molecule has 4 N–H and O–H groups in total. The molecule has 40 heavy (non-hydrogen) atoms. The van der Waals surface area contributed by atoms with Crippen LogP contribution >= 0.6 is 11.8 Å². The van der Waals surface area contributed by atoms with Crippen LogP contribution in [0.3, 0.4) is 0 Å². The first-order valence-electron chi connectivity index (χ1n) is 14.8. The molecule has 7 nitrogen and oxygen atoms in total. The van der Waals surface area contributed by atoms with Crippen molar-refractivity contribution in [3.63, 3.8) is 0 Å². The molecule has 0 spiro atoms. The van der Waals surface area contributed by atoms with Crippen LogP contribution in [0.4, 0.5) is 4.79 Å². The maximum Gasteiger partial charge on any atom is 0.315 e. The van der Waals surface area contributed by atoms with Gasteiger partial charge in [0.15, 0.2) is 6.29 Å². The largest absolute Gasteiger partial charge is 0.396 e. The van der Waals surface area contributed by atoms with Gasteiger partial charge in [0.2, 0.25) is 0 Å². The van der Waals surface area contributed by atoms with Crippen LogP contribution in [0.1, 0.15) is 79.6 Å². The fourth-order valence-electron chi connectivity index (χ4n) is 7.83. The Balaban J connectivity index is 1.06. The van der Waals surface area contributed by atoms with Gasteiger partial charge in [-0.2, -0.15) is 11.8 Å². The highest BCUT2D eigenvalue weighted by molar-refractivity contribution is 7.99. The summed E-state index contributed by atoms with van der Waals surface area (Å²) in [6, 6.07) is 15.9. The van der Waals surface area contributed by atoms with Crippen LogP contribution in [0.2, 0.25) is 0 Å². The lowest BCUT2D eigenvalue weighted by molar-refractivity contribution is -0.245. The van der Waals surface area contributed by atoms with Crippen LogP contribution < -0.4 is 10.6 Å². The van der Waals surface area contributed by atoms with E-state index in [9.17, 15) is 15.0 Å². The Morgan fingerprint density at radius 2 is 1.48 bits per heavy atom. The molecule has 0 aromatic heterocycles. The number of benzene rings is 2. The van der Waals surface area contributed by atoms with E-state index < -0.39 is 6.29 Å². The number of aliphatic hydroxyl groups is 2. The highest BCUT2D eigenvalue weighted by Gasteiger charge is 2.51. The van der Waals surface area contributed by atoms with Gasteiger partial charge in [-0.15, -0.1) is 0 Å². The maximum absolute atomic E-state index is 12.9. The molecular formula is C32H42N2O5S. The lowest BCUT2D eigenvalue weighted by atomic mass is 9.53. The van der Waals surface area contributed by atoms with Gasteiger partial charge in [0, 0.05) is 35.6 Å². The number of aliphatic hydroxyl groups excluding tert-OH is 2. The van der Waals surface area contributed by atoms with Gasteiger partial charge in [0.1, 0.15) is 0 Å². The summed E-state index contributed by atoms with van der Waals surface area (Å²) < 4.78 is 12.8. The molecule has 2 aromatic carbocycles. The van der Waals surface area contributed by atoms with E-state index >= 15 is 0 Å². The van der Waals surface area contributed by atoms with E-state index in [1.165, 1.54) is 19.3 Å². The monoisotopic (exact) mass is 566 g/mol. The molecular weight excluding hydrogens is 524 g/mol. The molecule has 3 atom stereocenters. The minimum Gasteiger partial charge on any atom is -0.396 e. The third kappa shape index (κ3) is 6.52. The summed E-state index contributed by atoms with van der Waals surface area (Å²) >= 11 is 1.68. The van der Waals surface area contributed by atoms with Crippen LogP contribution in [0.15, 0.2) is 48.5 Å². The van der Waals surface area contributed by atoms with Gasteiger partial charge in [0.25, 0.3) is 0 Å². The van der Waals surface area contributed by atoms with E-state index in [2.05, 4.69) is 10.6 Å². The zero-order valence-corrected chi connectivity index (χ0v) is 23.9. The SMILES string of the molecule is O=C(NCc1ccc(C2OC(CSCCO)CC(c3ccc(CO)cc3)O2)cc1)NC12CC3CC(CC(C3)C1)C2. The predicted molar refractivity (Wildman–Crippen MR) is 156 cm³/mol. The normalized spacial score (nSPS) is 32.6. The maximum atomic E-state index is 12.9. The molecule has 2 amide bonds. The van der Waals surface area contributed by atoms with Crippen molar-refractivity contribution < 1.29 is 24.5 Å². The summed E-state index contributed by atoms with van der Waals surface area (Å²) in [6.45, 7) is 0.646. The van der Waals surface area contributed by atoms with Crippen molar-refractivity contribution in [2.24, 2.45) is 17.8 Å². The van der Waals surface area contributed by atoms with Crippen molar-refractivity contribution in [1.29, 1.82) is 0 Å².